The summed E-state index contributed by atoms with van der Waals surface area (Å²) in [6.07, 6.45) is 1.95. The Hall–Kier alpha value is -3.65. The first kappa shape index (κ1) is 23.0. The Labute approximate surface area is 191 Å². The topological polar surface area (TPSA) is 85.9 Å². The molecule has 0 saturated heterocycles. The number of rotatable bonds is 8. The molecule has 0 aromatic heterocycles. The maximum atomic E-state index is 12.9. The number of nitrogens with one attached hydrogen (secondary N) is 2. The molecule has 8 heteroatoms. The van der Waals surface area contributed by atoms with E-state index in [-0.39, 0.29) is 11.8 Å². The molecule has 0 heterocycles. The average Bonchev–Trinajstić information content (AvgIpc) is 2.84. The fraction of sp³-hybridized carbons (Fsp3) is 0.167. The molecule has 0 saturated carbocycles. The van der Waals surface area contributed by atoms with E-state index in [2.05, 4.69) is 10.6 Å². The van der Waals surface area contributed by atoms with Gasteiger partial charge in [0.25, 0.3) is 11.8 Å². The summed E-state index contributed by atoms with van der Waals surface area (Å²) < 4.78 is 16.3. The third kappa shape index (κ3) is 5.15. The number of hydrogen-bond donors (Lipinski definition) is 2. The lowest BCUT2D eigenvalue weighted by Crippen LogP contribution is -2.15. The summed E-state index contributed by atoms with van der Waals surface area (Å²) in [5.41, 5.74) is 1.70. The lowest BCUT2D eigenvalue weighted by molar-refractivity contribution is 0.101. The molecule has 0 aliphatic heterocycles. The molecule has 0 radical (unpaired) electrons. The lowest BCUT2D eigenvalue weighted by Gasteiger charge is -2.17. The van der Waals surface area contributed by atoms with Gasteiger partial charge < -0.3 is 24.8 Å². The highest BCUT2D eigenvalue weighted by Crippen LogP contribution is 2.37. The van der Waals surface area contributed by atoms with Crippen molar-refractivity contribution in [2.75, 3.05) is 38.2 Å². The Bertz CT molecular complexity index is 1120. The van der Waals surface area contributed by atoms with Crippen LogP contribution in [0.1, 0.15) is 20.7 Å². The molecule has 0 unspecified atom stereocenters. The van der Waals surface area contributed by atoms with Crippen LogP contribution in [0.4, 0.5) is 11.4 Å². The van der Waals surface area contributed by atoms with Crippen LogP contribution in [-0.2, 0) is 0 Å². The Morgan fingerprint density at radius 3 is 1.81 bits per heavy atom. The van der Waals surface area contributed by atoms with Crippen molar-refractivity contribution in [2.45, 2.75) is 4.90 Å². The molecule has 3 aromatic rings. The number of carbonyl (C=O) groups excluding carboxylic acids is 2. The zero-order valence-electron chi connectivity index (χ0n) is 18.2. The van der Waals surface area contributed by atoms with E-state index in [1.807, 2.05) is 18.4 Å². The standard InChI is InChI=1S/C24H24N2O5S/c1-29-20-12-16(32-4)10-11-17(20)24(28)26-19-14-21(30-2)18(13-22(19)31-3)25-23(27)15-8-6-5-7-9-15/h5-14H,1-4H3,(H,25,27)(H,26,28). The summed E-state index contributed by atoms with van der Waals surface area (Å²) in [6, 6.07) is 17.4. The maximum absolute atomic E-state index is 12.9. The molecule has 0 aliphatic rings. The molecule has 7 nitrogen and oxygen atoms in total. The van der Waals surface area contributed by atoms with Crippen molar-refractivity contribution < 1.29 is 23.8 Å². The molecular formula is C24H24N2O5S. The van der Waals surface area contributed by atoms with Crippen molar-refractivity contribution in [1.29, 1.82) is 0 Å². The number of thioether (sulfide) groups is 1. The minimum absolute atomic E-state index is 0.290. The van der Waals surface area contributed by atoms with Crippen molar-refractivity contribution in [1.82, 2.24) is 0 Å². The molecular weight excluding hydrogens is 428 g/mol. The van der Waals surface area contributed by atoms with Gasteiger partial charge in [0, 0.05) is 22.6 Å². The number of benzene rings is 3. The molecule has 0 bridgehead atoms. The highest BCUT2D eigenvalue weighted by molar-refractivity contribution is 7.98. The first-order chi connectivity index (χ1) is 15.5. The van der Waals surface area contributed by atoms with E-state index in [4.69, 9.17) is 14.2 Å². The molecule has 2 amide bonds. The van der Waals surface area contributed by atoms with E-state index in [1.165, 1.54) is 21.3 Å². The van der Waals surface area contributed by atoms with Gasteiger partial charge in [0.05, 0.1) is 38.3 Å². The Kier molecular flexibility index (Phi) is 7.62. The van der Waals surface area contributed by atoms with Crippen LogP contribution in [0.2, 0.25) is 0 Å². The Morgan fingerprint density at radius 1 is 0.719 bits per heavy atom. The van der Waals surface area contributed by atoms with Gasteiger partial charge in [-0.1, -0.05) is 18.2 Å². The Balaban J connectivity index is 1.89. The van der Waals surface area contributed by atoms with Crippen LogP contribution in [0, 0.1) is 0 Å². The maximum Gasteiger partial charge on any atom is 0.259 e. The van der Waals surface area contributed by atoms with E-state index in [9.17, 15) is 9.59 Å². The summed E-state index contributed by atoms with van der Waals surface area (Å²) in [5.74, 6) is 0.543. The molecule has 0 aliphatic carbocycles. The second kappa shape index (κ2) is 10.6. The quantitative estimate of drug-likeness (QED) is 0.471. The van der Waals surface area contributed by atoms with Gasteiger partial charge in [0.1, 0.15) is 17.2 Å². The zero-order valence-corrected chi connectivity index (χ0v) is 19.0. The third-order valence-corrected chi connectivity index (χ3v) is 5.43. The summed E-state index contributed by atoms with van der Waals surface area (Å²) >= 11 is 1.56. The predicted molar refractivity (Wildman–Crippen MR) is 127 cm³/mol. The minimum Gasteiger partial charge on any atom is -0.496 e. The van der Waals surface area contributed by atoms with Gasteiger partial charge >= 0.3 is 0 Å². The van der Waals surface area contributed by atoms with Crippen LogP contribution in [0.15, 0.2) is 65.6 Å². The number of ether oxygens (including phenoxy) is 3. The van der Waals surface area contributed by atoms with Crippen molar-refractivity contribution >= 4 is 35.0 Å². The normalized spacial score (nSPS) is 10.2. The molecule has 0 fully saturated rings. The zero-order chi connectivity index (χ0) is 23.1. The van der Waals surface area contributed by atoms with Crippen LogP contribution < -0.4 is 24.8 Å². The first-order valence-corrected chi connectivity index (χ1v) is 10.9. The molecule has 0 spiro atoms. The SMILES string of the molecule is COc1cc(NC(=O)c2ccc(SC)cc2OC)c(OC)cc1NC(=O)c1ccccc1. The summed E-state index contributed by atoms with van der Waals surface area (Å²) in [6.45, 7) is 0. The van der Waals surface area contributed by atoms with Gasteiger partial charge in [-0.25, -0.2) is 0 Å². The fourth-order valence-corrected chi connectivity index (χ4v) is 3.48. The van der Waals surface area contributed by atoms with Crippen LogP contribution in [0.3, 0.4) is 0 Å². The summed E-state index contributed by atoms with van der Waals surface area (Å²) in [7, 11) is 4.48. The van der Waals surface area contributed by atoms with Gasteiger partial charge in [-0.3, -0.25) is 9.59 Å². The van der Waals surface area contributed by atoms with Gasteiger partial charge in [-0.05, 0) is 36.6 Å². The van der Waals surface area contributed by atoms with Crippen LogP contribution in [0.5, 0.6) is 17.2 Å². The largest absolute Gasteiger partial charge is 0.496 e. The third-order valence-electron chi connectivity index (χ3n) is 4.71. The molecule has 32 heavy (non-hydrogen) atoms. The van der Waals surface area contributed by atoms with E-state index < -0.39 is 0 Å². The van der Waals surface area contributed by atoms with Crippen molar-refractivity contribution in [2.24, 2.45) is 0 Å². The van der Waals surface area contributed by atoms with Gasteiger partial charge in [-0.2, -0.15) is 0 Å². The highest BCUT2D eigenvalue weighted by atomic mass is 32.2. The fourth-order valence-electron chi connectivity index (χ4n) is 3.05. The first-order valence-electron chi connectivity index (χ1n) is 9.66. The van der Waals surface area contributed by atoms with Gasteiger partial charge in [0.15, 0.2) is 0 Å². The smallest absolute Gasteiger partial charge is 0.259 e. The molecule has 166 valence electrons. The highest BCUT2D eigenvalue weighted by Gasteiger charge is 2.19. The summed E-state index contributed by atoms with van der Waals surface area (Å²) in [5, 5.41) is 5.65. The second-order valence-electron chi connectivity index (χ2n) is 6.59. The molecule has 3 aromatic carbocycles. The molecule has 0 atom stereocenters. The average molecular weight is 453 g/mol. The molecule has 3 rings (SSSR count). The monoisotopic (exact) mass is 452 g/mol. The van der Waals surface area contributed by atoms with Crippen LogP contribution in [0.25, 0.3) is 0 Å². The molecule has 2 N–H and O–H groups in total. The Morgan fingerprint density at radius 2 is 1.28 bits per heavy atom. The second-order valence-corrected chi connectivity index (χ2v) is 7.47. The number of anilines is 2. The van der Waals surface area contributed by atoms with Gasteiger partial charge in [-0.15, -0.1) is 11.8 Å². The minimum atomic E-state index is -0.365. The number of amides is 2. The number of carbonyl (C=O) groups is 2. The van der Waals surface area contributed by atoms with E-state index in [0.29, 0.717) is 39.8 Å². The van der Waals surface area contributed by atoms with E-state index >= 15 is 0 Å². The van der Waals surface area contributed by atoms with Crippen molar-refractivity contribution in [3.63, 3.8) is 0 Å². The van der Waals surface area contributed by atoms with Crippen molar-refractivity contribution in [3.8, 4) is 17.2 Å². The predicted octanol–water partition coefficient (Wildman–Crippen LogP) is 4.94. The summed E-state index contributed by atoms with van der Waals surface area (Å²) in [4.78, 5) is 26.5. The van der Waals surface area contributed by atoms with Crippen LogP contribution >= 0.6 is 11.8 Å². The van der Waals surface area contributed by atoms with Gasteiger partial charge in [0.2, 0.25) is 0 Å². The van der Waals surface area contributed by atoms with Crippen molar-refractivity contribution in [3.05, 3.63) is 71.8 Å². The van der Waals surface area contributed by atoms with Crippen LogP contribution in [-0.4, -0.2) is 39.4 Å². The lowest BCUT2D eigenvalue weighted by atomic mass is 10.1. The number of methoxy groups -OCH3 is 3. The van der Waals surface area contributed by atoms with E-state index in [1.54, 1.807) is 60.3 Å². The van der Waals surface area contributed by atoms with E-state index in [0.717, 1.165) is 4.90 Å². The number of hydrogen-bond acceptors (Lipinski definition) is 6.